The number of benzene rings is 4. The van der Waals surface area contributed by atoms with Gasteiger partial charge < -0.3 is 10.1 Å². The number of halogens is 2. The van der Waals surface area contributed by atoms with E-state index in [4.69, 9.17) is 4.74 Å². The van der Waals surface area contributed by atoms with E-state index in [1.54, 1.807) is 18.2 Å². The lowest BCUT2D eigenvalue weighted by Crippen LogP contribution is -2.14. The van der Waals surface area contributed by atoms with Crippen molar-refractivity contribution in [1.82, 2.24) is 0 Å². The fourth-order valence-corrected chi connectivity index (χ4v) is 4.49. The first kappa shape index (κ1) is 24.9. The smallest absolute Gasteiger partial charge is 0.266 e. The molecule has 0 radical (unpaired) electrons. The molecule has 0 aliphatic carbocycles. The Morgan fingerprint density at radius 2 is 1.81 bits per heavy atom. The molecule has 36 heavy (non-hydrogen) atoms. The van der Waals surface area contributed by atoms with Gasteiger partial charge in [-0.05, 0) is 80.2 Å². The van der Waals surface area contributed by atoms with Gasteiger partial charge in [-0.2, -0.15) is 5.26 Å². The van der Waals surface area contributed by atoms with Crippen molar-refractivity contribution in [3.8, 4) is 11.8 Å². The van der Waals surface area contributed by atoms with Crippen molar-refractivity contribution in [2.75, 3.05) is 5.32 Å². The number of amides is 1. The van der Waals surface area contributed by atoms with Crippen molar-refractivity contribution in [3.05, 3.63) is 124 Å². The third kappa shape index (κ3) is 5.70. The summed E-state index contributed by atoms with van der Waals surface area (Å²) >= 11 is 3.58. The van der Waals surface area contributed by atoms with Crippen LogP contribution in [0.3, 0.4) is 0 Å². The SMILES string of the molecule is C=CCc1cc(/C=C(/C#N)C(=O)Nc2ccccc2F)cc(Br)c1OCc1cccc2ccccc12. The highest BCUT2D eigenvalue weighted by Gasteiger charge is 2.15. The molecule has 4 nitrogen and oxygen atoms in total. The van der Waals surface area contributed by atoms with E-state index in [1.165, 1.54) is 24.3 Å². The Morgan fingerprint density at radius 1 is 1.06 bits per heavy atom. The molecule has 0 saturated heterocycles. The van der Waals surface area contributed by atoms with Gasteiger partial charge in [0.1, 0.15) is 29.8 Å². The van der Waals surface area contributed by atoms with Gasteiger partial charge in [0.25, 0.3) is 5.91 Å². The van der Waals surface area contributed by atoms with Crippen molar-refractivity contribution in [2.45, 2.75) is 13.0 Å². The van der Waals surface area contributed by atoms with Crippen LogP contribution in [0.4, 0.5) is 10.1 Å². The van der Waals surface area contributed by atoms with E-state index in [9.17, 15) is 14.4 Å². The second kappa shape index (κ2) is 11.5. The van der Waals surface area contributed by atoms with Crippen molar-refractivity contribution in [2.24, 2.45) is 0 Å². The molecule has 4 aromatic carbocycles. The number of anilines is 1. The molecule has 178 valence electrons. The van der Waals surface area contributed by atoms with Crippen LogP contribution in [0, 0.1) is 17.1 Å². The number of nitrogens with zero attached hydrogens (tertiary/aromatic N) is 1. The lowest BCUT2D eigenvalue weighted by molar-refractivity contribution is -0.112. The molecule has 4 rings (SSSR count). The molecule has 0 heterocycles. The molecule has 0 aliphatic rings. The first-order valence-electron chi connectivity index (χ1n) is 11.2. The number of allylic oxidation sites excluding steroid dienone is 1. The summed E-state index contributed by atoms with van der Waals surface area (Å²) in [5, 5.41) is 14.3. The summed E-state index contributed by atoms with van der Waals surface area (Å²) in [5.74, 6) is -0.610. The maximum atomic E-state index is 13.9. The Labute approximate surface area is 217 Å². The van der Waals surface area contributed by atoms with Crippen molar-refractivity contribution in [1.29, 1.82) is 5.26 Å². The number of hydrogen-bond donors (Lipinski definition) is 1. The van der Waals surface area contributed by atoms with Gasteiger partial charge in [0.05, 0.1) is 10.2 Å². The Morgan fingerprint density at radius 3 is 2.58 bits per heavy atom. The van der Waals surface area contributed by atoms with Crippen LogP contribution in [0.15, 0.2) is 102 Å². The van der Waals surface area contributed by atoms with Gasteiger partial charge >= 0.3 is 0 Å². The van der Waals surface area contributed by atoms with Crippen LogP contribution in [0.25, 0.3) is 16.8 Å². The topological polar surface area (TPSA) is 62.1 Å². The summed E-state index contributed by atoms with van der Waals surface area (Å²) < 4.78 is 20.8. The molecule has 0 fully saturated rings. The molecule has 4 aromatic rings. The molecule has 0 saturated carbocycles. The Hall–Kier alpha value is -4.21. The Bertz CT molecular complexity index is 1520. The molecule has 0 atom stereocenters. The van der Waals surface area contributed by atoms with E-state index in [0.717, 1.165) is 21.9 Å². The van der Waals surface area contributed by atoms with Gasteiger partial charge in [0, 0.05) is 0 Å². The lowest BCUT2D eigenvalue weighted by Gasteiger charge is -2.15. The number of nitrogens with one attached hydrogen (secondary N) is 1. The summed E-state index contributed by atoms with van der Waals surface area (Å²) in [4.78, 5) is 12.6. The largest absolute Gasteiger partial charge is 0.487 e. The maximum Gasteiger partial charge on any atom is 0.266 e. The number of hydrogen-bond acceptors (Lipinski definition) is 3. The first-order chi connectivity index (χ1) is 17.5. The minimum absolute atomic E-state index is 0.00867. The minimum Gasteiger partial charge on any atom is -0.487 e. The van der Waals surface area contributed by atoms with Crippen molar-refractivity contribution < 1.29 is 13.9 Å². The number of rotatable bonds is 8. The van der Waals surface area contributed by atoms with Gasteiger partial charge in [-0.15, -0.1) is 6.58 Å². The molecule has 0 bridgehead atoms. The van der Waals surface area contributed by atoms with Crippen LogP contribution < -0.4 is 10.1 Å². The van der Waals surface area contributed by atoms with E-state index in [0.29, 0.717) is 28.8 Å². The van der Waals surface area contributed by atoms with E-state index in [-0.39, 0.29) is 11.3 Å². The number of carbonyl (C=O) groups excluding carboxylic acids is 1. The van der Waals surface area contributed by atoms with E-state index in [2.05, 4.69) is 46.0 Å². The number of fused-ring (bicyclic) bond motifs is 1. The zero-order valence-corrected chi connectivity index (χ0v) is 20.9. The minimum atomic E-state index is -0.694. The normalized spacial score (nSPS) is 11.1. The average molecular weight is 541 g/mol. The van der Waals surface area contributed by atoms with E-state index < -0.39 is 11.7 Å². The van der Waals surface area contributed by atoms with Crippen LogP contribution in [-0.4, -0.2) is 5.91 Å². The van der Waals surface area contributed by atoms with E-state index in [1.807, 2.05) is 36.4 Å². The van der Waals surface area contributed by atoms with Crippen LogP contribution in [-0.2, 0) is 17.8 Å². The average Bonchev–Trinajstić information content (AvgIpc) is 2.88. The number of para-hydroxylation sites is 1. The highest BCUT2D eigenvalue weighted by Crippen LogP contribution is 2.34. The predicted molar refractivity (Wildman–Crippen MR) is 145 cm³/mol. The van der Waals surface area contributed by atoms with Crippen molar-refractivity contribution in [3.63, 3.8) is 0 Å². The standard InChI is InChI=1S/C30H22BrFN2O2/c1-2-8-22-15-20(16-24(18-33)30(35)34-28-14-6-5-13-27(28)32)17-26(31)29(22)36-19-23-11-7-10-21-9-3-4-12-25(21)23/h2-7,9-17H,1,8,19H2,(H,34,35)/b24-16-. The van der Waals surface area contributed by atoms with Gasteiger partial charge in [-0.1, -0.05) is 60.7 Å². The molecule has 6 heteroatoms. The molecular formula is C30H22BrFN2O2. The van der Waals surface area contributed by atoms with Gasteiger partial charge in [-0.25, -0.2) is 4.39 Å². The zero-order chi connectivity index (χ0) is 25.5. The van der Waals surface area contributed by atoms with Crippen LogP contribution in [0.5, 0.6) is 5.75 Å². The monoisotopic (exact) mass is 540 g/mol. The van der Waals surface area contributed by atoms with Crippen LogP contribution in [0.2, 0.25) is 0 Å². The second-order valence-corrected chi connectivity index (χ2v) is 8.87. The number of ether oxygens (including phenoxy) is 1. The molecule has 0 spiro atoms. The molecular weight excluding hydrogens is 519 g/mol. The fourth-order valence-electron chi connectivity index (χ4n) is 3.86. The van der Waals surface area contributed by atoms with Gasteiger partial charge in [0.2, 0.25) is 0 Å². The van der Waals surface area contributed by atoms with Gasteiger partial charge in [-0.3, -0.25) is 4.79 Å². The van der Waals surface area contributed by atoms with E-state index >= 15 is 0 Å². The summed E-state index contributed by atoms with van der Waals surface area (Å²) in [6.07, 6.45) is 3.74. The Balaban J connectivity index is 1.61. The summed E-state index contributed by atoms with van der Waals surface area (Å²) in [6.45, 7) is 4.21. The zero-order valence-electron chi connectivity index (χ0n) is 19.3. The lowest BCUT2D eigenvalue weighted by atomic mass is 10.0. The van der Waals surface area contributed by atoms with Crippen LogP contribution >= 0.6 is 15.9 Å². The molecule has 1 amide bonds. The quantitative estimate of drug-likeness (QED) is 0.142. The first-order valence-corrected chi connectivity index (χ1v) is 12.0. The highest BCUT2D eigenvalue weighted by molar-refractivity contribution is 9.10. The highest BCUT2D eigenvalue weighted by atomic mass is 79.9. The summed E-state index contributed by atoms with van der Waals surface area (Å²) in [5.41, 5.74) is 2.38. The fraction of sp³-hybridized carbons (Fsp3) is 0.0667. The second-order valence-electron chi connectivity index (χ2n) is 8.01. The summed E-state index contributed by atoms with van der Waals surface area (Å²) in [6, 6.07) is 25.6. The van der Waals surface area contributed by atoms with Gasteiger partial charge in [0.15, 0.2) is 0 Å². The van der Waals surface area contributed by atoms with Crippen molar-refractivity contribution >= 4 is 44.4 Å². The maximum absolute atomic E-state index is 13.9. The molecule has 0 unspecified atom stereocenters. The van der Waals surface area contributed by atoms with Crippen LogP contribution in [0.1, 0.15) is 16.7 Å². The molecule has 0 aliphatic heterocycles. The summed E-state index contributed by atoms with van der Waals surface area (Å²) in [7, 11) is 0. The third-order valence-corrected chi connectivity index (χ3v) is 6.15. The predicted octanol–water partition coefficient (Wildman–Crippen LogP) is 7.59. The third-order valence-electron chi connectivity index (χ3n) is 5.56. The number of carbonyl (C=O) groups is 1. The molecule has 1 N–H and O–H groups in total. The number of nitriles is 1. The Kier molecular flexibility index (Phi) is 7.94. The molecule has 0 aromatic heterocycles.